The summed E-state index contributed by atoms with van der Waals surface area (Å²) in [5, 5.41) is 0. The minimum Gasteiger partial charge on any atom is -0.379 e. The van der Waals surface area contributed by atoms with Crippen molar-refractivity contribution in [1.82, 2.24) is 14.4 Å². The first kappa shape index (κ1) is 22.7. The summed E-state index contributed by atoms with van der Waals surface area (Å²) in [5.41, 5.74) is 5.49. The van der Waals surface area contributed by atoms with Crippen molar-refractivity contribution < 1.29 is 9.13 Å². The highest BCUT2D eigenvalue weighted by molar-refractivity contribution is 5.66. The monoisotopic (exact) mass is 473 g/mol. The molecule has 2 fully saturated rings. The smallest absolute Gasteiger partial charge is 0.258 e. The topological polar surface area (TPSA) is 37.7 Å². The highest BCUT2D eigenvalue weighted by atomic mass is 19.1. The fraction of sp³-hybridized carbons (Fsp3) is 0.414. The zero-order valence-electron chi connectivity index (χ0n) is 20.0. The fourth-order valence-electron chi connectivity index (χ4n) is 6.15. The van der Waals surface area contributed by atoms with Crippen LogP contribution in [0.2, 0.25) is 0 Å². The Labute approximate surface area is 205 Å². The van der Waals surface area contributed by atoms with Crippen LogP contribution < -0.4 is 5.56 Å². The summed E-state index contributed by atoms with van der Waals surface area (Å²) in [6, 6.07) is 19.4. The second kappa shape index (κ2) is 9.69. The zero-order chi connectivity index (χ0) is 23.8. The van der Waals surface area contributed by atoms with Crippen LogP contribution in [0, 0.1) is 11.7 Å². The minimum absolute atomic E-state index is 0.138. The van der Waals surface area contributed by atoms with E-state index in [0.717, 1.165) is 87.8 Å². The lowest BCUT2D eigenvalue weighted by Crippen LogP contribution is -2.47. The zero-order valence-corrected chi connectivity index (χ0v) is 20.0. The summed E-state index contributed by atoms with van der Waals surface area (Å²) in [6.45, 7) is 7.72. The molecule has 1 aromatic heterocycles. The van der Waals surface area contributed by atoms with Crippen LogP contribution in [0.25, 0.3) is 11.1 Å². The van der Waals surface area contributed by atoms with Crippen molar-refractivity contribution in [1.29, 1.82) is 0 Å². The molecule has 3 aromatic rings. The predicted octanol–water partition coefficient (Wildman–Crippen LogP) is 4.11. The third-order valence-corrected chi connectivity index (χ3v) is 7.80. The van der Waals surface area contributed by atoms with Gasteiger partial charge in [0.25, 0.3) is 5.56 Å². The molecule has 4 heterocycles. The van der Waals surface area contributed by atoms with Gasteiger partial charge in [-0.05, 0) is 53.3 Å². The number of aromatic nitrogens is 1. The van der Waals surface area contributed by atoms with Gasteiger partial charge >= 0.3 is 0 Å². The van der Waals surface area contributed by atoms with E-state index in [1.807, 2.05) is 24.3 Å². The van der Waals surface area contributed by atoms with E-state index < -0.39 is 0 Å². The molecule has 0 N–H and O–H groups in total. The number of piperidine rings is 1. The average Bonchev–Trinajstić information content (AvgIpc) is 2.87. The van der Waals surface area contributed by atoms with E-state index in [-0.39, 0.29) is 11.4 Å². The van der Waals surface area contributed by atoms with Crippen LogP contribution in [0.15, 0.2) is 65.5 Å². The third kappa shape index (κ3) is 4.70. The van der Waals surface area contributed by atoms with Gasteiger partial charge < -0.3 is 9.30 Å². The van der Waals surface area contributed by atoms with Crippen LogP contribution in [0.4, 0.5) is 4.39 Å². The molecule has 2 saturated heterocycles. The lowest BCUT2D eigenvalue weighted by Gasteiger charge is -2.43. The van der Waals surface area contributed by atoms with Gasteiger partial charge in [0.05, 0.1) is 13.2 Å². The summed E-state index contributed by atoms with van der Waals surface area (Å²) in [4.78, 5) is 18.6. The maximum absolute atomic E-state index is 13.8. The first-order chi connectivity index (χ1) is 17.1. The van der Waals surface area contributed by atoms with Crippen molar-refractivity contribution in [3.8, 4) is 11.1 Å². The number of morpholine rings is 1. The van der Waals surface area contributed by atoms with Crippen LogP contribution >= 0.6 is 0 Å². The molecular weight excluding hydrogens is 441 g/mol. The van der Waals surface area contributed by atoms with Crippen molar-refractivity contribution in [3.05, 3.63) is 93.7 Å². The van der Waals surface area contributed by atoms with Gasteiger partial charge in [-0.15, -0.1) is 0 Å². The van der Waals surface area contributed by atoms with Crippen LogP contribution in [-0.4, -0.2) is 53.8 Å². The van der Waals surface area contributed by atoms with E-state index in [0.29, 0.717) is 11.8 Å². The van der Waals surface area contributed by atoms with Crippen LogP contribution in [0.3, 0.4) is 0 Å². The Morgan fingerprint density at radius 1 is 0.829 bits per heavy atom. The minimum atomic E-state index is -0.195. The summed E-state index contributed by atoms with van der Waals surface area (Å²) in [5.74, 6) is 0.617. The predicted molar refractivity (Wildman–Crippen MR) is 135 cm³/mol. The Morgan fingerprint density at radius 2 is 1.63 bits per heavy atom. The van der Waals surface area contributed by atoms with Crippen molar-refractivity contribution in [3.63, 3.8) is 0 Å². The molecule has 6 heteroatoms. The number of hydrogen-bond acceptors (Lipinski definition) is 4. The Morgan fingerprint density at radius 3 is 2.46 bits per heavy atom. The molecule has 6 rings (SSSR count). The molecule has 3 aliphatic heterocycles. The summed E-state index contributed by atoms with van der Waals surface area (Å²) in [7, 11) is 0. The van der Waals surface area contributed by atoms with E-state index in [9.17, 15) is 9.18 Å². The van der Waals surface area contributed by atoms with Gasteiger partial charge in [0.15, 0.2) is 0 Å². The van der Waals surface area contributed by atoms with E-state index in [1.165, 1.54) is 17.7 Å². The average molecular weight is 474 g/mol. The van der Waals surface area contributed by atoms with E-state index >= 15 is 0 Å². The number of pyridine rings is 1. The van der Waals surface area contributed by atoms with Crippen molar-refractivity contribution in [2.24, 2.45) is 5.92 Å². The second-order valence-electron chi connectivity index (χ2n) is 10.3. The first-order valence-corrected chi connectivity index (χ1v) is 12.7. The van der Waals surface area contributed by atoms with Crippen molar-refractivity contribution in [2.75, 3.05) is 39.4 Å². The molecular formula is C29H32FN3O2. The molecule has 35 heavy (non-hydrogen) atoms. The van der Waals surface area contributed by atoms with Crippen LogP contribution in [0.5, 0.6) is 0 Å². The Balaban J connectivity index is 1.26. The summed E-state index contributed by atoms with van der Waals surface area (Å²) in [6.07, 6.45) is 1.13. The van der Waals surface area contributed by atoms with Gasteiger partial charge in [-0.3, -0.25) is 14.6 Å². The molecule has 0 saturated carbocycles. The van der Waals surface area contributed by atoms with Gasteiger partial charge in [-0.1, -0.05) is 36.4 Å². The molecule has 0 unspecified atom stereocenters. The number of benzene rings is 2. The number of halogens is 1. The number of rotatable bonds is 5. The Kier molecular flexibility index (Phi) is 6.27. The van der Waals surface area contributed by atoms with E-state index in [4.69, 9.17) is 4.74 Å². The van der Waals surface area contributed by atoms with Gasteiger partial charge in [-0.25, -0.2) is 4.39 Å². The van der Waals surface area contributed by atoms with Crippen molar-refractivity contribution >= 4 is 0 Å². The number of ether oxygens (including phenoxy) is 1. The van der Waals surface area contributed by atoms with Crippen LogP contribution in [-0.2, 0) is 24.4 Å². The van der Waals surface area contributed by atoms with Crippen LogP contribution in [0.1, 0.15) is 29.2 Å². The van der Waals surface area contributed by atoms with Gasteiger partial charge in [-0.2, -0.15) is 0 Å². The maximum atomic E-state index is 13.8. The summed E-state index contributed by atoms with van der Waals surface area (Å²) >= 11 is 0. The number of fused-ring (bicyclic) bond motifs is 4. The molecule has 5 nitrogen and oxygen atoms in total. The maximum Gasteiger partial charge on any atom is 0.258 e. The largest absolute Gasteiger partial charge is 0.379 e. The van der Waals surface area contributed by atoms with Gasteiger partial charge in [0, 0.05) is 63.0 Å². The number of likely N-dealkylation sites (tertiary alicyclic amines) is 1. The lowest BCUT2D eigenvalue weighted by atomic mass is 9.82. The lowest BCUT2D eigenvalue weighted by molar-refractivity contribution is 0.0342. The SMILES string of the molecule is O=c1c(-c2ccccc2CN2CCOCC2)ccc2n1C[C@@H]1C[C@@H]2CN(Cc2ccc(F)cc2)C1. The highest BCUT2D eigenvalue weighted by Crippen LogP contribution is 2.36. The molecule has 2 aromatic carbocycles. The van der Waals surface area contributed by atoms with E-state index in [1.54, 1.807) is 0 Å². The molecule has 0 radical (unpaired) electrons. The molecule has 2 atom stereocenters. The van der Waals surface area contributed by atoms with Gasteiger partial charge in [0.2, 0.25) is 0 Å². The molecule has 0 amide bonds. The highest BCUT2D eigenvalue weighted by Gasteiger charge is 2.35. The molecule has 0 aliphatic carbocycles. The first-order valence-electron chi connectivity index (χ1n) is 12.7. The second-order valence-corrected chi connectivity index (χ2v) is 10.3. The molecule has 2 bridgehead atoms. The quantitative estimate of drug-likeness (QED) is 0.559. The molecule has 0 spiro atoms. The molecule has 182 valence electrons. The van der Waals surface area contributed by atoms with Crippen molar-refractivity contribution in [2.45, 2.75) is 32.0 Å². The Bertz CT molecular complexity index is 1250. The normalized spacial score (nSPS) is 22.7. The standard InChI is InChI=1S/C29H32FN3O2/c30-25-7-5-21(6-8-25)16-32-17-22-15-24(20-32)28-10-9-27(29(34)33(28)18-22)26-4-2-1-3-23(26)19-31-11-13-35-14-12-31/h1-10,22,24H,11-20H2/t22-,24-/m1/s1. The van der Waals surface area contributed by atoms with Gasteiger partial charge in [0.1, 0.15) is 5.82 Å². The third-order valence-electron chi connectivity index (χ3n) is 7.80. The Hall–Kier alpha value is -2.80. The molecule has 3 aliphatic rings. The fourth-order valence-corrected chi connectivity index (χ4v) is 6.15. The number of hydrogen-bond donors (Lipinski definition) is 0. The van der Waals surface area contributed by atoms with E-state index in [2.05, 4.69) is 38.6 Å². The summed E-state index contributed by atoms with van der Waals surface area (Å²) < 4.78 is 20.9. The number of nitrogens with zero attached hydrogens (tertiary/aromatic N) is 3.